The summed E-state index contributed by atoms with van der Waals surface area (Å²) in [5.41, 5.74) is 14.1. The summed E-state index contributed by atoms with van der Waals surface area (Å²) in [6.45, 7) is 0. The minimum Gasteiger partial charge on any atom is -0.399 e. The molecule has 0 unspecified atom stereocenters. The van der Waals surface area contributed by atoms with Crippen LogP contribution in [0.3, 0.4) is 0 Å². The maximum Gasteiger partial charge on any atom is 0.189 e. The van der Waals surface area contributed by atoms with Crippen LogP contribution in [-0.2, 0) is 0 Å². The van der Waals surface area contributed by atoms with Crippen molar-refractivity contribution in [2.45, 2.75) is 0 Å². The molecule has 6 nitrogen and oxygen atoms in total. The molecule has 0 saturated carbocycles. The molecule has 21 heavy (non-hydrogen) atoms. The topological polar surface area (TPSA) is 95.6 Å². The van der Waals surface area contributed by atoms with E-state index in [9.17, 15) is 0 Å². The molecular weight excluding hydrogens is 356 g/mol. The largest absolute Gasteiger partial charge is 0.399 e. The number of benzene rings is 2. The van der Waals surface area contributed by atoms with E-state index in [0.717, 1.165) is 4.47 Å². The standard InChI is InChI=1S/C13H10BrClN6/c14-7-1-4-12(10(15)5-7)21-13(18-19-20-21)9-3-2-8(16)6-11(9)17/h1-6H,16-17H2. The lowest BCUT2D eigenvalue weighted by molar-refractivity contribution is 0.791. The van der Waals surface area contributed by atoms with Crippen LogP contribution in [0.2, 0.25) is 5.02 Å². The fraction of sp³-hybridized carbons (Fsp3) is 0. The molecule has 0 aliphatic rings. The second-order valence-corrected chi connectivity index (χ2v) is 5.68. The van der Waals surface area contributed by atoms with Crippen LogP contribution in [0.25, 0.3) is 17.1 Å². The summed E-state index contributed by atoms with van der Waals surface area (Å²) in [7, 11) is 0. The van der Waals surface area contributed by atoms with Gasteiger partial charge in [0.1, 0.15) is 0 Å². The summed E-state index contributed by atoms with van der Waals surface area (Å²) in [6, 6.07) is 10.6. The highest BCUT2D eigenvalue weighted by Crippen LogP contribution is 2.30. The first kappa shape index (κ1) is 13.8. The van der Waals surface area contributed by atoms with Crippen molar-refractivity contribution in [1.29, 1.82) is 0 Å². The van der Waals surface area contributed by atoms with Crippen LogP contribution in [0.4, 0.5) is 11.4 Å². The molecule has 0 radical (unpaired) electrons. The first-order valence-corrected chi connectivity index (χ1v) is 7.12. The number of halogens is 2. The average molecular weight is 366 g/mol. The summed E-state index contributed by atoms with van der Waals surface area (Å²) < 4.78 is 2.41. The van der Waals surface area contributed by atoms with E-state index in [0.29, 0.717) is 33.5 Å². The number of tetrazole rings is 1. The van der Waals surface area contributed by atoms with Crippen molar-refractivity contribution in [3.05, 3.63) is 45.9 Å². The first-order valence-electron chi connectivity index (χ1n) is 5.95. The molecule has 1 aromatic heterocycles. The van der Waals surface area contributed by atoms with E-state index < -0.39 is 0 Å². The third-order valence-corrected chi connectivity index (χ3v) is 3.72. The summed E-state index contributed by atoms with van der Waals surface area (Å²) in [6.07, 6.45) is 0. The number of nitrogens with zero attached hydrogens (tertiary/aromatic N) is 4. The number of nitrogens with two attached hydrogens (primary N) is 2. The van der Waals surface area contributed by atoms with Crippen molar-refractivity contribution >= 4 is 38.9 Å². The van der Waals surface area contributed by atoms with E-state index in [4.69, 9.17) is 23.1 Å². The van der Waals surface area contributed by atoms with Gasteiger partial charge in [-0.15, -0.1) is 5.10 Å². The van der Waals surface area contributed by atoms with Crippen LogP contribution in [0.15, 0.2) is 40.9 Å². The molecule has 3 aromatic rings. The Balaban J connectivity index is 2.17. The molecule has 0 amide bonds. The maximum atomic E-state index is 6.25. The highest BCUT2D eigenvalue weighted by molar-refractivity contribution is 9.10. The molecule has 8 heteroatoms. The van der Waals surface area contributed by atoms with Crippen molar-refractivity contribution in [3.63, 3.8) is 0 Å². The molecule has 0 spiro atoms. The van der Waals surface area contributed by atoms with E-state index in [1.54, 1.807) is 24.3 Å². The molecule has 2 aromatic carbocycles. The van der Waals surface area contributed by atoms with Gasteiger partial charge in [-0.2, -0.15) is 4.68 Å². The van der Waals surface area contributed by atoms with Gasteiger partial charge in [-0.3, -0.25) is 0 Å². The van der Waals surface area contributed by atoms with Crippen molar-refractivity contribution < 1.29 is 0 Å². The number of anilines is 2. The van der Waals surface area contributed by atoms with Gasteiger partial charge < -0.3 is 11.5 Å². The molecule has 4 N–H and O–H groups in total. The summed E-state index contributed by atoms with van der Waals surface area (Å²) in [5, 5.41) is 12.2. The molecule has 3 rings (SSSR count). The van der Waals surface area contributed by atoms with Gasteiger partial charge in [-0.25, -0.2) is 0 Å². The summed E-state index contributed by atoms with van der Waals surface area (Å²) in [5.74, 6) is 0.497. The Kier molecular flexibility index (Phi) is 3.52. The second-order valence-electron chi connectivity index (χ2n) is 4.36. The molecule has 0 aliphatic heterocycles. The monoisotopic (exact) mass is 364 g/mol. The minimum atomic E-state index is 0.497. The van der Waals surface area contributed by atoms with Gasteiger partial charge in [0, 0.05) is 21.4 Å². The predicted octanol–water partition coefficient (Wildman–Crippen LogP) is 2.91. The number of hydrogen-bond donors (Lipinski definition) is 2. The SMILES string of the molecule is Nc1ccc(-c2nnnn2-c2ccc(Br)cc2Cl)c(N)c1. The smallest absolute Gasteiger partial charge is 0.189 e. The average Bonchev–Trinajstić information content (AvgIpc) is 2.87. The van der Waals surface area contributed by atoms with E-state index >= 15 is 0 Å². The quantitative estimate of drug-likeness (QED) is 0.681. The fourth-order valence-electron chi connectivity index (χ4n) is 1.96. The Hall–Kier alpha value is -2.12. The minimum absolute atomic E-state index is 0.497. The lowest BCUT2D eigenvalue weighted by atomic mass is 10.1. The van der Waals surface area contributed by atoms with E-state index in [1.807, 2.05) is 12.1 Å². The Morgan fingerprint density at radius 1 is 1.10 bits per heavy atom. The summed E-state index contributed by atoms with van der Waals surface area (Å²) in [4.78, 5) is 0. The highest BCUT2D eigenvalue weighted by atomic mass is 79.9. The van der Waals surface area contributed by atoms with Crippen LogP contribution in [0, 0.1) is 0 Å². The number of nitrogen functional groups attached to an aromatic ring is 2. The molecule has 106 valence electrons. The van der Waals surface area contributed by atoms with Gasteiger partial charge in [0.25, 0.3) is 0 Å². The zero-order chi connectivity index (χ0) is 15.0. The first-order chi connectivity index (χ1) is 10.1. The van der Waals surface area contributed by atoms with Crippen LogP contribution >= 0.6 is 27.5 Å². The van der Waals surface area contributed by atoms with Crippen LogP contribution in [-0.4, -0.2) is 20.2 Å². The van der Waals surface area contributed by atoms with Crippen molar-refractivity contribution in [1.82, 2.24) is 20.2 Å². The third kappa shape index (κ3) is 2.57. The normalized spacial score (nSPS) is 10.8. The molecule has 0 bridgehead atoms. The van der Waals surface area contributed by atoms with Crippen molar-refractivity contribution in [2.75, 3.05) is 11.5 Å². The molecule has 0 aliphatic carbocycles. The van der Waals surface area contributed by atoms with Gasteiger partial charge >= 0.3 is 0 Å². The van der Waals surface area contributed by atoms with E-state index in [1.165, 1.54) is 4.68 Å². The van der Waals surface area contributed by atoms with Crippen LogP contribution in [0.1, 0.15) is 0 Å². The van der Waals surface area contributed by atoms with Crippen molar-refractivity contribution in [3.8, 4) is 17.1 Å². The summed E-state index contributed by atoms with van der Waals surface area (Å²) >= 11 is 9.61. The number of rotatable bonds is 2. The Bertz CT molecular complexity index is 750. The van der Waals surface area contributed by atoms with Gasteiger partial charge in [-0.05, 0) is 46.8 Å². The van der Waals surface area contributed by atoms with Gasteiger partial charge in [-0.1, -0.05) is 27.5 Å². The van der Waals surface area contributed by atoms with Gasteiger partial charge in [0.15, 0.2) is 5.82 Å². The Labute approximate surface area is 133 Å². The molecular formula is C13H10BrClN6. The second kappa shape index (κ2) is 5.34. The fourth-order valence-corrected chi connectivity index (χ4v) is 2.71. The zero-order valence-corrected chi connectivity index (χ0v) is 13.0. The number of hydrogen-bond acceptors (Lipinski definition) is 5. The van der Waals surface area contributed by atoms with Crippen LogP contribution in [0.5, 0.6) is 0 Å². The van der Waals surface area contributed by atoms with E-state index in [2.05, 4.69) is 31.5 Å². The molecule has 0 atom stereocenters. The lowest BCUT2D eigenvalue weighted by Gasteiger charge is -2.09. The van der Waals surface area contributed by atoms with E-state index in [-0.39, 0.29) is 0 Å². The molecule has 1 heterocycles. The highest BCUT2D eigenvalue weighted by Gasteiger charge is 2.15. The van der Waals surface area contributed by atoms with Crippen molar-refractivity contribution in [2.24, 2.45) is 0 Å². The lowest BCUT2D eigenvalue weighted by Crippen LogP contribution is -2.03. The van der Waals surface area contributed by atoms with Gasteiger partial charge in [0.05, 0.1) is 10.7 Å². The Morgan fingerprint density at radius 2 is 1.90 bits per heavy atom. The van der Waals surface area contributed by atoms with Gasteiger partial charge in [0.2, 0.25) is 0 Å². The maximum absolute atomic E-state index is 6.25. The third-order valence-electron chi connectivity index (χ3n) is 2.92. The zero-order valence-electron chi connectivity index (χ0n) is 10.7. The number of aromatic nitrogens is 4. The molecule has 0 fully saturated rings. The molecule has 0 saturated heterocycles. The van der Waals surface area contributed by atoms with Crippen LogP contribution < -0.4 is 11.5 Å². The Morgan fingerprint density at radius 3 is 2.62 bits per heavy atom. The predicted molar refractivity (Wildman–Crippen MR) is 86.1 cm³/mol.